The molecule has 1 saturated heterocycles. The molecule has 0 spiro atoms. The van der Waals surface area contributed by atoms with Crippen LogP contribution in [0.25, 0.3) is 10.9 Å². The number of aromatic hydroxyl groups is 1. The summed E-state index contributed by atoms with van der Waals surface area (Å²) >= 11 is 0. The fourth-order valence-electron chi connectivity index (χ4n) is 4.55. The number of pyridine rings is 1. The van der Waals surface area contributed by atoms with Crippen molar-refractivity contribution in [2.45, 2.75) is 32.0 Å². The van der Waals surface area contributed by atoms with Crippen molar-refractivity contribution in [3.05, 3.63) is 90.0 Å². The number of aromatic nitrogens is 2. The van der Waals surface area contributed by atoms with Crippen molar-refractivity contribution < 1.29 is 14.3 Å². The number of benzene rings is 2. The van der Waals surface area contributed by atoms with E-state index in [9.17, 15) is 14.3 Å². The van der Waals surface area contributed by atoms with E-state index in [1.165, 1.54) is 24.3 Å². The first kappa shape index (κ1) is 21.9. The van der Waals surface area contributed by atoms with Crippen LogP contribution in [0.15, 0.2) is 83.3 Å². The summed E-state index contributed by atoms with van der Waals surface area (Å²) in [4.78, 5) is 19.0. The van der Waals surface area contributed by atoms with Gasteiger partial charge in [0.1, 0.15) is 5.82 Å². The van der Waals surface area contributed by atoms with Crippen molar-refractivity contribution in [1.29, 1.82) is 0 Å². The van der Waals surface area contributed by atoms with Gasteiger partial charge in [-0.1, -0.05) is 30.7 Å². The van der Waals surface area contributed by atoms with Gasteiger partial charge >= 0.3 is 0 Å². The third kappa shape index (κ3) is 4.32. The van der Waals surface area contributed by atoms with Crippen LogP contribution in [0.3, 0.4) is 0 Å². The van der Waals surface area contributed by atoms with Gasteiger partial charge < -0.3 is 5.11 Å². The van der Waals surface area contributed by atoms with Gasteiger partial charge in [0, 0.05) is 35.9 Å². The highest BCUT2D eigenvalue weighted by molar-refractivity contribution is 5.97. The minimum Gasteiger partial charge on any atom is -0.493 e. The third-order valence-electron chi connectivity index (χ3n) is 6.26. The zero-order chi connectivity index (χ0) is 23.5. The van der Waals surface area contributed by atoms with E-state index in [1.54, 1.807) is 10.8 Å². The highest BCUT2D eigenvalue weighted by Crippen LogP contribution is 2.40. The summed E-state index contributed by atoms with van der Waals surface area (Å²) in [6.07, 6.45) is 6.91. The molecule has 1 aliphatic heterocycles. The minimum absolute atomic E-state index is 0.0487. The molecular formula is C26H24FN5O2. The van der Waals surface area contributed by atoms with E-state index < -0.39 is 11.7 Å². The normalized spacial score (nSPS) is 16.9. The molecule has 4 aromatic rings. The molecule has 172 valence electrons. The van der Waals surface area contributed by atoms with E-state index in [2.05, 4.69) is 26.2 Å². The molecule has 0 radical (unpaired) electrons. The Bertz CT molecular complexity index is 1330. The number of piperidine rings is 1. The Morgan fingerprint density at radius 2 is 1.91 bits per heavy atom. The van der Waals surface area contributed by atoms with Gasteiger partial charge in [-0.05, 0) is 54.8 Å². The van der Waals surface area contributed by atoms with Gasteiger partial charge in [0.2, 0.25) is 5.88 Å². The zero-order valence-corrected chi connectivity index (χ0v) is 18.5. The van der Waals surface area contributed by atoms with E-state index >= 15 is 0 Å². The van der Waals surface area contributed by atoms with Crippen molar-refractivity contribution in [2.24, 2.45) is 10.2 Å². The summed E-state index contributed by atoms with van der Waals surface area (Å²) < 4.78 is 15.0. The van der Waals surface area contributed by atoms with Crippen molar-refractivity contribution in [3.63, 3.8) is 0 Å². The van der Waals surface area contributed by atoms with Crippen molar-refractivity contribution >= 4 is 22.5 Å². The fraction of sp³-hybridized carbons (Fsp3) is 0.231. The standard InChI is InChI=1S/C26H24FN5O2/c27-20-12-10-18(11-13-20)25(33)30-29-24-21-7-1-2-9-23(21)32(26(24)34)17-31-15-4-3-8-22(31)19-6-5-14-28-16-19/h1-2,5-7,9-14,16,22,34H,3-4,8,15,17H2. The number of carbonyl (C=O) groups is 1. The van der Waals surface area contributed by atoms with Crippen LogP contribution in [0.1, 0.15) is 41.2 Å². The number of azo groups is 1. The van der Waals surface area contributed by atoms with Crippen molar-refractivity contribution in [1.82, 2.24) is 14.5 Å². The molecule has 1 fully saturated rings. The minimum atomic E-state index is -0.607. The number of hydrogen-bond donors (Lipinski definition) is 1. The lowest BCUT2D eigenvalue weighted by atomic mass is 9.97. The van der Waals surface area contributed by atoms with Crippen LogP contribution in [0.5, 0.6) is 5.88 Å². The lowest BCUT2D eigenvalue weighted by Crippen LogP contribution is -2.34. The average molecular weight is 458 g/mol. The van der Waals surface area contributed by atoms with Gasteiger partial charge in [-0.3, -0.25) is 19.2 Å². The van der Waals surface area contributed by atoms with Gasteiger partial charge in [0.05, 0.1) is 12.2 Å². The SMILES string of the molecule is O=C(N=Nc1c(O)n(CN2CCCCC2c2cccnc2)c2ccccc12)c1ccc(F)cc1. The van der Waals surface area contributed by atoms with Crippen LogP contribution in [0.2, 0.25) is 0 Å². The Hall–Kier alpha value is -3.91. The second kappa shape index (κ2) is 9.52. The lowest BCUT2D eigenvalue weighted by molar-refractivity contribution is 0.0995. The van der Waals surface area contributed by atoms with E-state index in [0.717, 1.165) is 36.9 Å². The maximum atomic E-state index is 13.2. The number of fused-ring (bicyclic) bond motifs is 1. The molecule has 2 aromatic carbocycles. The average Bonchev–Trinajstić information content (AvgIpc) is 3.14. The van der Waals surface area contributed by atoms with Gasteiger partial charge in [-0.15, -0.1) is 10.2 Å². The second-order valence-electron chi connectivity index (χ2n) is 8.38. The highest BCUT2D eigenvalue weighted by Gasteiger charge is 2.26. The quantitative estimate of drug-likeness (QED) is 0.373. The predicted octanol–water partition coefficient (Wildman–Crippen LogP) is 5.99. The van der Waals surface area contributed by atoms with E-state index in [1.807, 2.05) is 36.5 Å². The van der Waals surface area contributed by atoms with E-state index in [0.29, 0.717) is 12.1 Å². The van der Waals surface area contributed by atoms with Crippen LogP contribution in [-0.4, -0.2) is 32.0 Å². The molecule has 0 bridgehead atoms. The highest BCUT2D eigenvalue weighted by atomic mass is 19.1. The molecule has 0 saturated carbocycles. The number of halogens is 1. The number of carbonyl (C=O) groups excluding carboxylic acids is 1. The van der Waals surface area contributed by atoms with Crippen LogP contribution in [0.4, 0.5) is 10.1 Å². The number of rotatable bonds is 5. The maximum Gasteiger partial charge on any atom is 0.295 e. The predicted molar refractivity (Wildman–Crippen MR) is 126 cm³/mol. The molecule has 1 unspecified atom stereocenters. The molecule has 1 aliphatic rings. The number of amides is 1. The molecule has 34 heavy (non-hydrogen) atoms. The second-order valence-corrected chi connectivity index (χ2v) is 8.38. The Kier molecular flexibility index (Phi) is 6.14. The summed E-state index contributed by atoms with van der Waals surface area (Å²) in [5, 5.41) is 19.7. The van der Waals surface area contributed by atoms with Crippen LogP contribution >= 0.6 is 0 Å². The smallest absolute Gasteiger partial charge is 0.295 e. The van der Waals surface area contributed by atoms with Gasteiger partial charge in [0.25, 0.3) is 5.91 Å². The Balaban J connectivity index is 1.47. The van der Waals surface area contributed by atoms with Crippen LogP contribution in [-0.2, 0) is 6.67 Å². The molecule has 1 amide bonds. The summed E-state index contributed by atoms with van der Waals surface area (Å²) in [5.74, 6) is -1.09. The number of hydrogen-bond acceptors (Lipinski definition) is 5. The van der Waals surface area contributed by atoms with Crippen LogP contribution < -0.4 is 0 Å². The molecule has 5 rings (SSSR count). The molecule has 8 heteroatoms. The Morgan fingerprint density at radius 3 is 2.71 bits per heavy atom. The molecule has 0 aliphatic carbocycles. The first-order valence-electron chi connectivity index (χ1n) is 11.3. The Morgan fingerprint density at radius 1 is 1.09 bits per heavy atom. The first-order valence-corrected chi connectivity index (χ1v) is 11.3. The third-order valence-corrected chi connectivity index (χ3v) is 6.26. The van der Waals surface area contributed by atoms with E-state index in [-0.39, 0.29) is 23.2 Å². The first-order chi connectivity index (χ1) is 16.6. The zero-order valence-electron chi connectivity index (χ0n) is 18.5. The topological polar surface area (TPSA) is 83.1 Å². The number of para-hydroxylation sites is 1. The van der Waals surface area contributed by atoms with E-state index in [4.69, 9.17) is 0 Å². The molecule has 1 atom stereocenters. The number of nitrogens with zero attached hydrogens (tertiary/aromatic N) is 5. The number of likely N-dealkylation sites (tertiary alicyclic amines) is 1. The van der Waals surface area contributed by atoms with Gasteiger partial charge in [0.15, 0.2) is 5.69 Å². The lowest BCUT2D eigenvalue weighted by Gasteiger charge is -2.36. The molecule has 1 N–H and O–H groups in total. The largest absolute Gasteiger partial charge is 0.493 e. The van der Waals surface area contributed by atoms with Gasteiger partial charge in [-0.2, -0.15) is 0 Å². The summed E-state index contributed by atoms with van der Waals surface area (Å²) in [7, 11) is 0. The summed E-state index contributed by atoms with van der Waals surface area (Å²) in [5.41, 5.74) is 2.42. The molecular weight excluding hydrogens is 433 g/mol. The summed E-state index contributed by atoms with van der Waals surface area (Å²) in [6.45, 7) is 1.36. The molecule has 7 nitrogen and oxygen atoms in total. The van der Waals surface area contributed by atoms with Gasteiger partial charge in [-0.25, -0.2) is 4.39 Å². The monoisotopic (exact) mass is 457 g/mol. The Labute approximate surface area is 196 Å². The van der Waals surface area contributed by atoms with Crippen molar-refractivity contribution in [2.75, 3.05) is 6.54 Å². The maximum absolute atomic E-state index is 13.2. The summed E-state index contributed by atoms with van der Waals surface area (Å²) in [6, 6.07) is 16.9. The molecule has 3 heterocycles. The van der Waals surface area contributed by atoms with Crippen molar-refractivity contribution in [3.8, 4) is 5.88 Å². The fourth-order valence-corrected chi connectivity index (χ4v) is 4.55. The van der Waals surface area contributed by atoms with Crippen LogP contribution in [0, 0.1) is 5.82 Å². The molecule has 2 aromatic heterocycles.